The number of benzene rings is 2. The Morgan fingerprint density at radius 2 is 1.30 bits per heavy atom. The molecule has 0 spiro atoms. The van der Waals surface area contributed by atoms with Crippen molar-refractivity contribution in [2.45, 2.75) is 18.5 Å². The zero-order chi connectivity index (χ0) is 13.4. The first kappa shape index (κ1) is 12.4. The molecule has 0 aromatic heterocycles. The molecule has 2 aromatic rings. The molecule has 0 aliphatic heterocycles. The summed E-state index contributed by atoms with van der Waals surface area (Å²) in [5.74, 6) is 1.66. The molecule has 1 fully saturated rings. The fraction of sp³-hybridized carbons (Fsp3) is 0.263. The zero-order valence-electron chi connectivity index (χ0n) is 11.5. The van der Waals surface area contributed by atoms with Crippen LogP contribution in [0.15, 0.2) is 72.8 Å². The molecule has 3 unspecified atom stereocenters. The Bertz CT molecular complexity index is 563. The summed E-state index contributed by atoms with van der Waals surface area (Å²) in [6.07, 6.45) is 7.71. The maximum Gasteiger partial charge on any atom is -0.00601 e. The second kappa shape index (κ2) is 5.19. The van der Waals surface area contributed by atoms with Crippen LogP contribution in [0.3, 0.4) is 0 Å². The molecule has 2 aliphatic carbocycles. The van der Waals surface area contributed by atoms with Crippen molar-refractivity contribution in [1.29, 1.82) is 0 Å². The molecule has 0 heterocycles. The molecule has 0 nitrogen and oxygen atoms in total. The lowest BCUT2D eigenvalue weighted by molar-refractivity contribution is 0.692. The summed E-state index contributed by atoms with van der Waals surface area (Å²) < 4.78 is 0. The first-order valence-electron chi connectivity index (χ1n) is 7.49. The molecule has 4 rings (SSSR count). The molecule has 3 atom stereocenters. The SMILES string of the molecule is C1=CC2CC1CC2P(c1ccccc1)c1ccccc1. The largest absolute Gasteiger partial charge is 0.0851 e. The normalized spacial score (nSPS) is 27.4. The summed E-state index contributed by atoms with van der Waals surface area (Å²) in [6.45, 7) is 0. The van der Waals surface area contributed by atoms with E-state index in [1.54, 1.807) is 10.6 Å². The minimum atomic E-state index is -0.218. The number of fused-ring (bicyclic) bond motifs is 2. The Labute approximate surface area is 122 Å². The van der Waals surface area contributed by atoms with Crippen molar-refractivity contribution in [2.75, 3.05) is 0 Å². The van der Waals surface area contributed by atoms with E-state index in [1.807, 2.05) is 0 Å². The highest BCUT2D eigenvalue weighted by Gasteiger charge is 2.40. The molecule has 20 heavy (non-hydrogen) atoms. The Morgan fingerprint density at radius 1 is 0.700 bits per heavy atom. The van der Waals surface area contributed by atoms with Crippen LogP contribution in [0.1, 0.15) is 12.8 Å². The van der Waals surface area contributed by atoms with Crippen molar-refractivity contribution in [3.05, 3.63) is 72.8 Å². The van der Waals surface area contributed by atoms with E-state index in [0.29, 0.717) is 0 Å². The van der Waals surface area contributed by atoms with Crippen LogP contribution < -0.4 is 10.6 Å². The molecule has 1 saturated carbocycles. The molecule has 2 aromatic carbocycles. The van der Waals surface area contributed by atoms with Crippen molar-refractivity contribution in [1.82, 2.24) is 0 Å². The summed E-state index contributed by atoms with van der Waals surface area (Å²) >= 11 is 0. The maximum absolute atomic E-state index is 2.49. The lowest BCUT2D eigenvalue weighted by Gasteiger charge is -2.30. The Kier molecular flexibility index (Phi) is 3.20. The molecule has 100 valence electrons. The van der Waals surface area contributed by atoms with Gasteiger partial charge in [-0.1, -0.05) is 72.8 Å². The van der Waals surface area contributed by atoms with Gasteiger partial charge in [-0.2, -0.15) is 0 Å². The van der Waals surface area contributed by atoms with E-state index in [1.165, 1.54) is 12.8 Å². The molecular formula is C19H19P. The molecule has 2 aliphatic rings. The first-order valence-corrected chi connectivity index (χ1v) is 8.90. The molecule has 0 amide bonds. The van der Waals surface area contributed by atoms with Gasteiger partial charge in [-0.25, -0.2) is 0 Å². The zero-order valence-corrected chi connectivity index (χ0v) is 12.4. The number of hydrogen-bond acceptors (Lipinski definition) is 0. The third-order valence-corrected chi connectivity index (χ3v) is 7.61. The van der Waals surface area contributed by atoms with Crippen LogP contribution in [0.4, 0.5) is 0 Å². The lowest BCUT2D eigenvalue weighted by Crippen LogP contribution is -2.24. The smallest absolute Gasteiger partial charge is 0.00601 e. The fourth-order valence-corrected chi connectivity index (χ4v) is 6.89. The maximum atomic E-state index is 2.49. The second-order valence-corrected chi connectivity index (χ2v) is 8.32. The van der Waals surface area contributed by atoms with Crippen molar-refractivity contribution in [2.24, 2.45) is 11.8 Å². The molecular weight excluding hydrogens is 259 g/mol. The highest BCUT2D eigenvalue weighted by Crippen LogP contribution is 2.54. The minimum Gasteiger partial charge on any atom is -0.0851 e. The van der Waals surface area contributed by atoms with Crippen LogP contribution in [-0.4, -0.2) is 5.66 Å². The monoisotopic (exact) mass is 278 g/mol. The third-order valence-electron chi connectivity index (χ3n) is 4.64. The predicted molar refractivity (Wildman–Crippen MR) is 88.2 cm³/mol. The van der Waals surface area contributed by atoms with Crippen LogP contribution in [0.2, 0.25) is 0 Å². The summed E-state index contributed by atoms with van der Waals surface area (Å²) in [5, 5.41) is 3.08. The van der Waals surface area contributed by atoms with Gasteiger partial charge in [0, 0.05) is 0 Å². The number of rotatable bonds is 3. The van der Waals surface area contributed by atoms with E-state index in [2.05, 4.69) is 72.8 Å². The van der Waals surface area contributed by atoms with Crippen molar-refractivity contribution < 1.29 is 0 Å². The van der Waals surface area contributed by atoms with E-state index in [9.17, 15) is 0 Å². The standard InChI is InChI=1S/C19H19P/c1-3-7-17(8-4-1)20(18-9-5-2-6-10-18)19-14-15-11-12-16(19)13-15/h1-12,15-16,19H,13-14H2. The second-order valence-electron chi connectivity index (χ2n) is 5.89. The fourth-order valence-electron chi connectivity index (χ4n) is 3.76. The third kappa shape index (κ3) is 2.13. The van der Waals surface area contributed by atoms with Gasteiger partial charge in [-0.05, 0) is 48.9 Å². The van der Waals surface area contributed by atoms with Gasteiger partial charge in [0.2, 0.25) is 0 Å². The predicted octanol–water partition coefficient (Wildman–Crippen LogP) is 4.08. The van der Waals surface area contributed by atoms with Gasteiger partial charge in [0.05, 0.1) is 0 Å². The highest BCUT2D eigenvalue weighted by molar-refractivity contribution is 7.73. The van der Waals surface area contributed by atoms with Crippen molar-refractivity contribution in [3.8, 4) is 0 Å². The van der Waals surface area contributed by atoms with E-state index >= 15 is 0 Å². The summed E-state index contributed by atoms with van der Waals surface area (Å²) in [5.41, 5.74) is 0.838. The van der Waals surface area contributed by atoms with Gasteiger partial charge >= 0.3 is 0 Å². The summed E-state index contributed by atoms with van der Waals surface area (Å²) in [7, 11) is -0.218. The Balaban J connectivity index is 1.76. The van der Waals surface area contributed by atoms with Gasteiger partial charge in [0.25, 0.3) is 0 Å². The Hall–Kier alpha value is -1.39. The van der Waals surface area contributed by atoms with E-state index in [-0.39, 0.29) is 7.92 Å². The van der Waals surface area contributed by atoms with Crippen LogP contribution in [0.5, 0.6) is 0 Å². The average molecular weight is 278 g/mol. The average Bonchev–Trinajstić information content (AvgIpc) is 3.13. The van der Waals surface area contributed by atoms with Crippen LogP contribution in [-0.2, 0) is 0 Å². The van der Waals surface area contributed by atoms with Crippen molar-refractivity contribution >= 4 is 18.5 Å². The van der Waals surface area contributed by atoms with Crippen LogP contribution >= 0.6 is 7.92 Å². The van der Waals surface area contributed by atoms with Crippen LogP contribution in [0.25, 0.3) is 0 Å². The molecule has 0 N–H and O–H groups in total. The number of allylic oxidation sites excluding steroid dienone is 2. The van der Waals surface area contributed by atoms with Gasteiger partial charge in [-0.15, -0.1) is 0 Å². The first-order chi connectivity index (χ1) is 9.92. The van der Waals surface area contributed by atoms with Gasteiger partial charge in [0.15, 0.2) is 0 Å². The van der Waals surface area contributed by atoms with Crippen LogP contribution in [0, 0.1) is 11.8 Å². The van der Waals surface area contributed by atoms with Crippen molar-refractivity contribution in [3.63, 3.8) is 0 Å². The molecule has 0 saturated heterocycles. The minimum absolute atomic E-state index is 0.218. The highest BCUT2D eigenvalue weighted by atomic mass is 31.1. The number of hydrogen-bond donors (Lipinski definition) is 0. The van der Waals surface area contributed by atoms with E-state index < -0.39 is 0 Å². The van der Waals surface area contributed by atoms with E-state index in [0.717, 1.165) is 17.5 Å². The summed E-state index contributed by atoms with van der Waals surface area (Å²) in [4.78, 5) is 0. The molecule has 1 heteroatoms. The lowest BCUT2D eigenvalue weighted by atomic mass is 10.1. The van der Waals surface area contributed by atoms with E-state index in [4.69, 9.17) is 0 Å². The van der Waals surface area contributed by atoms with Gasteiger partial charge < -0.3 is 0 Å². The van der Waals surface area contributed by atoms with Gasteiger partial charge in [-0.3, -0.25) is 0 Å². The Morgan fingerprint density at radius 3 is 1.75 bits per heavy atom. The molecule has 2 bridgehead atoms. The van der Waals surface area contributed by atoms with Gasteiger partial charge in [0.1, 0.15) is 0 Å². The summed E-state index contributed by atoms with van der Waals surface area (Å²) in [6, 6.07) is 22.3. The topological polar surface area (TPSA) is 0 Å². The molecule has 0 radical (unpaired) electrons. The quantitative estimate of drug-likeness (QED) is 0.586.